The normalized spacial score (nSPS) is 10.3. The summed E-state index contributed by atoms with van der Waals surface area (Å²) in [6.07, 6.45) is 1.46. The minimum Gasteiger partial charge on any atom is -0.477 e. The highest BCUT2D eigenvalue weighted by Crippen LogP contribution is 2.19. The van der Waals surface area contributed by atoms with Gasteiger partial charge < -0.3 is 9.84 Å². The molecule has 0 amide bonds. The molecule has 0 aromatic carbocycles. The van der Waals surface area contributed by atoms with E-state index in [1.165, 1.54) is 0 Å². The van der Waals surface area contributed by atoms with Crippen LogP contribution < -0.4 is 4.74 Å². The summed E-state index contributed by atoms with van der Waals surface area (Å²) in [7, 11) is 0. The van der Waals surface area contributed by atoms with Crippen LogP contribution in [0.15, 0.2) is 12.3 Å². The second-order valence-electron chi connectivity index (χ2n) is 3.28. The predicted octanol–water partition coefficient (Wildman–Crippen LogP) is 1.88. The van der Waals surface area contributed by atoms with Crippen molar-refractivity contribution in [2.45, 2.75) is 26.9 Å². The molecule has 0 spiro atoms. The molecule has 0 unspecified atom stereocenters. The van der Waals surface area contributed by atoms with Crippen molar-refractivity contribution < 1.29 is 14.6 Å². The number of hydrogen-bond donors (Lipinski definition) is 1. The largest absolute Gasteiger partial charge is 0.477 e. The number of aromatic carboxylic acids is 1. The van der Waals surface area contributed by atoms with E-state index >= 15 is 0 Å². The van der Waals surface area contributed by atoms with Gasteiger partial charge in [-0.2, -0.15) is 0 Å². The van der Waals surface area contributed by atoms with Crippen LogP contribution in [0.4, 0.5) is 0 Å². The Morgan fingerprint density at radius 2 is 2.21 bits per heavy atom. The molecule has 0 saturated carbocycles. The Bertz CT molecular complexity index is 347. The van der Waals surface area contributed by atoms with Crippen molar-refractivity contribution in [1.82, 2.24) is 4.98 Å². The monoisotopic (exact) mass is 195 g/mol. The molecule has 0 aliphatic carbocycles. The second kappa shape index (κ2) is 4.09. The molecule has 0 atom stereocenters. The van der Waals surface area contributed by atoms with Crippen molar-refractivity contribution >= 4 is 5.97 Å². The highest BCUT2D eigenvalue weighted by molar-refractivity contribution is 5.91. The first-order valence-electron chi connectivity index (χ1n) is 4.38. The third-order valence-electron chi connectivity index (χ3n) is 1.69. The van der Waals surface area contributed by atoms with Gasteiger partial charge in [0.1, 0.15) is 5.56 Å². The van der Waals surface area contributed by atoms with Gasteiger partial charge in [0.2, 0.25) is 5.88 Å². The van der Waals surface area contributed by atoms with Crippen molar-refractivity contribution in [3.63, 3.8) is 0 Å². The maximum atomic E-state index is 10.9. The van der Waals surface area contributed by atoms with E-state index in [0.717, 1.165) is 0 Å². The molecule has 1 heterocycles. The van der Waals surface area contributed by atoms with Crippen LogP contribution in [-0.4, -0.2) is 22.2 Å². The summed E-state index contributed by atoms with van der Waals surface area (Å²) in [5, 5.41) is 8.94. The van der Waals surface area contributed by atoms with Gasteiger partial charge in [-0.3, -0.25) is 0 Å². The first kappa shape index (κ1) is 10.5. The fourth-order valence-corrected chi connectivity index (χ4v) is 1.11. The van der Waals surface area contributed by atoms with Crippen LogP contribution in [0.3, 0.4) is 0 Å². The Labute approximate surface area is 82.5 Å². The zero-order valence-corrected chi connectivity index (χ0v) is 8.44. The van der Waals surface area contributed by atoms with E-state index in [-0.39, 0.29) is 17.5 Å². The van der Waals surface area contributed by atoms with E-state index in [4.69, 9.17) is 9.84 Å². The number of carboxylic acid groups (broad SMARTS) is 1. The fraction of sp³-hybridized carbons (Fsp3) is 0.400. The van der Waals surface area contributed by atoms with Crippen LogP contribution in [0, 0.1) is 6.92 Å². The summed E-state index contributed by atoms with van der Waals surface area (Å²) in [5.41, 5.74) is 0.796. The smallest absolute Gasteiger partial charge is 0.341 e. The summed E-state index contributed by atoms with van der Waals surface area (Å²) in [5.74, 6) is -0.821. The van der Waals surface area contributed by atoms with Gasteiger partial charge in [0, 0.05) is 6.20 Å². The molecule has 0 saturated heterocycles. The minimum atomic E-state index is -1.01. The van der Waals surface area contributed by atoms with E-state index in [0.29, 0.717) is 5.56 Å². The maximum absolute atomic E-state index is 10.9. The average Bonchev–Trinajstić information content (AvgIpc) is 2.01. The highest BCUT2D eigenvalue weighted by Gasteiger charge is 2.16. The van der Waals surface area contributed by atoms with Crippen molar-refractivity contribution in [3.05, 3.63) is 23.4 Å². The van der Waals surface area contributed by atoms with Gasteiger partial charge in [-0.05, 0) is 32.4 Å². The molecule has 1 rings (SSSR count). The molecule has 76 valence electrons. The molecular formula is C10H13NO3. The number of ether oxygens (including phenoxy) is 1. The number of carbonyl (C=O) groups is 1. The third kappa shape index (κ3) is 2.22. The summed E-state index contributed by atoms with van der Waals surface area (Å²) >= 11 is 0. The lowest BCUT2D eigenvalue weighted by Crippen LogP contribution is -2.12. The standard InChI is InChI=1S/C10H13NO3/c1-6(2)14-9-8(10(12)13)7(3)4-5-11-9/h4-6H,1-3H3,(H,12,13). The van der Waals surface area contributed by atoms with Crippen molar-refractivity contribution in [3.8, 4) is 5.88 Å². The molecule has 0 radical (unpaired) electrons. The van der Waals surface area contributed by atoms with Crippen LogP contribution in [0.1, 0.15) is 29.8 Å². The molecule has 0 bridgehead atoms. The first-order valence-corrected chi connectivity index (χ1v) is 4.38. The summed E-state index contributed by atoms with van der Waals surface area (Å²) in [6.45, 7) is 5.38. The molecule has 1 aromatic heterocycles. The number of aryl methyl sites for hydroxylation is 1. The van der Waals surface area contributed by atoms with Crippen LogP contribution in [-0.2, 0) is 0 Å². The molecular weight excluding hydrogens is 182 g/mol. The van der Waals surface area contributed by atoms with E-state index in [2.05, 4.69) is 4.98 Å². The Morgan fingerprint density at radius 1 is 1.57 bits per heavy atom. The summed E-state index contributed by atoms with van der Waals surface area (Å²) < 4.78 is 5.30. The van der Waals surface area contributed by atoms with E-state index in [9.17, 15) is 4.79 Å². The van der Waals surface area contributed by atoms with Gasteiger partial charge in [0.25, 0.3) is 0 Å². The molecule has 14 heavy (non-hydrogen) atoms. The third-order valence-corrected chi connectivity index (χ3v) is 1.69. The quantitative estimate of drug-likeness (QED) is 0.799. The second-order valence-corrected chi connectivity index (χ2v) is 3.28. The zero-order chi connectivity index (χ0) is 10.7. The van der Waals surface area contributed by atoms with Crippen LogP contribution >= 0.6 is 0 Å². The van der Waals surface area contributed by atoms with Crippen molar-refractivity contribution in [2.24, 2.45) is 0 Å². The Kier molecular flexibility index (Phi) is 3.06. The van der Waals surface area contributed by atoms with Crippen LogP contribution in [0.5, 0.6) is 5.88 Å². The number of hydrogen-bond acceptors (Lipinski definition) is 3. The van der Waals surface area contributed by atoms with Crippen LogP contribution in [0.2, 0.25) is 0 Å². The number of rotatable bonds is 3. The minimum absolute atomic E-state index is 0.0811. The maximum Gasteiger partial charge on any atom is 0.341 e. The molecule has 0 fully saturated rings. The van der Waals surface area contributed by atoms with E-state index in [1.54, 1.807) is 19.2 Å². The van der Waals surface area contributed by atoms with Crippen molar-refractivity contribution in [1.29, 1.82) is 0 Å². The molecule has 4 nitrogen and oxygen atoms in total. The number of carboxylic acids is 1. The Balaban J connectivity index is 3.14. The first-order chi connectivity index (χ1) is 6.52. The van der Waals surface area contributed by atoms with Gasteiger partial charge in [-0.1, -0.05) is 0 Å². The summed E-state index contributed by atoms with van der Waals surface area (Å²) in [6, 6.07) is 1.65. The molecule has 0 aliphatic rings. The van der Waals surface area contributed by atoms with Gasteiger partial charge >= 0.3 is 5.97 Å². The van der Waals surface area contributed by atoms with Crippen LogP contribution in [0.25, 0.3) is 0 Å². The van der Waals surface area contributed by atoms with Crippen molar-refractivity contribution in [2.75, 3.05) is 0 Å². The lowest BCUT2D eigenvalue weighted by Gasteiger charge is -2.11. The van der Waals surface area contributed by atoms with Gasteiger partial charge in [0.05, 0.1) is 6.10 Å². The average molecular weight is 195 g/mol. The molecule has 1 aromatic rings. The fourth-order valence-electron chi connectivity index (χ4n) is 1.11. The Hall–Kier alpha value is -1.58. The molecule has 4 heteroatoms. The van der Waals surface area contributed by atoms with Gasteiger partial charge in [0.15, 0.2) is 0 Å². The number of pyridine rings is 1. The topological polar surface area (TPSA) is 59.4 Å². The number of nitrogens with zero attached hydrogens (tertiary/aromatic N) is 1. The SMILES string of the molecule is Cc1ccnc(OC(C)C)c1C(=O)O. The zero-order valence-electron chi connectivity index (χ0n) is 8.44. The Morgan fingerprint density at radius 3 is 2.71 bits per heavy atom. The highest BCUT2D eigenvalue weighted by atomic mass is 16.5. The summed E-state index contributed by atoms with van der Waals surface area (Å²) in [4.78, 5) is 14.8. The van der Waals surface area contributed by atoms with Gasteiger partial charge in [-0.25, -0.2) is 9.78 Å². The predicted molar refractivity (Wildman–Crippen MR) is 51.7 cm³/mol. The van der Waals surface area contributed by atoms with E-state index < -0.39 is 5.97 Å². The lowest BCUT2D eigenvalue weighted by atomic mass is 10.1. The molecule has 1 N–H and O–H groups in total. The lowest BCUT2D eigenvalue weighted by molar-refractivity contribution is 0.0688. The van der Waals surface area contributed by atoms with Gasteiger partial charge in [-0.15, -0.1) is 0 Å². The number of aromatic nitrogens is 1. The molecule has 0 aliphatic heterocycles. The van der Waals surface area contributed by atoms with E-state index in [1.807, 2.05) is 13.8 Å².